The van der Waals surface area contributed by atoms with Crippen LogP contribution in [0.2, 0.25) is 0 Å². The minimum absolute atomic E-state index is 0.235. The highest BCUT2D eigenvalue weighted by Gasteiger charge is 2.32. The molecule has 0 heterocycles. The van der Waals surface area contributed by atoms with Crippen LogP contribution in [0.15, 0.2) is 0 Å². The first-order chi connectivity index (χ1) is 17.1. The monoisotopic (exact) mass is 515 g/mol. The van der Waals surface area contributed by atoms with E-state index in [1.807, 2.05) is 6.92 Å². The van der Waals surface area contributed by atoms with Gasteiger partial charge in [-0.3, -0.25) is 14.4 Å². The van der Waals surface area contributed by atoms with E-state index in [0.717, 1.165) is 6.42 Å². The Balaban J connectivity index is 5.45. The number of nitrogens with one attached hydrogen (secondary N) is 3. The highest BCUT2D eigenvalue weighted by molar-refractivity contribution is 5.94. The fraction of sp³-hybridized carbons (Fsp3) is 0.833. The van der Waals surface area contributed by atoms with Gasteiger partial charge in [0.15, 0.2) is 0 Å². The molecule has 3 amide bonds. The predicted molar refractivity (Wildman–Crippen MR) is 140 cm³/mol. The second-order valence-electron chi connectivity index (χ2n) is 9.29. The van der Waals surface area contributed by atoms with Crippen LogP contribution < -0.4 is 38.9 Å². The number of hydrogen-bond donors (Lipinski definition) is 8. The van der Waals surface area contributed by atoms with E-state index in [-0.39, 0.29) is 12.3 Å². The maximum atomic E-state index is 13.2. The van der Waals surface area contributed by atoms with Crippen molar-refractivity contribution < 1.29 is 24.3 Å². The summed E-state index contributed by atoms with van der Waals surface area (Å²) < 4.78 is 0. The van der Waals surface area contributed by atoms with Crippen molar-refractivity contribution in [1.29, 1.82) is 0 Å². The van der Waals surface area contributed by atoms with Crippen LogP contribution in [0.25, 0.3) is 0 Å². The molecule has 36 heavy (non-hydrogen) atoms. The molecule has 0 aliphatic rings. The van der Waals surface area contributed by atoms with Crippen LogP contribution in [0, 0.1) is 5.92 Å². The molecule has 0 aromatic heterocycles. The number of amides is 3. The lowest BCUT2D eigenvalue weighted by atomic mass is 9.96. The van der Waals surface area contributed by atoms with Gasteiger partial charge >= 0.3 is 5.97 Å². The summed E-state index contributed by atoms with van der Waals surface area (Å²) in [5.41, 5.74) is 22.5. The van der Waals surface area contributed by atoms with Gasteiger partial charge in [-0.25, -0.2) is 4.79 Å². The van der Waals surface area contributed by atoms with Crippen LogP contribution in [-0.4, -0.2) is 72.6 Å². The number of unbranched alkanes of at least 4 members (excludes halogenated alkanes) is 3. The molecular weight excluding hydrogens is 466 g/mol. The standard InChI is InChI=1S/C24H49N7O5/c1-3-16(2)20(23(34)30-19(24(35)36)12-6-9-15-27)31-22(33)18(11-5-8-14-26)29-21(32)17(28)10-4-7-13-25/h16-20H,3-15,25-28H2,1-2H3,(H,29,32)(H,30,34)(H,31,33)(H,35,36). The fourth-order valence-corrected chi connectivity index (χ4v) is 3.65. The van der Waals surface area contributed by atoms with Gasteiger partial charge in [0.25, 0.3) is 0 Å². The summed E-state index contributed by atoms with van der Waals surface area (Å²) in [7, 11) is 0. The minimum atomic E-state index is -1.15. The third-order valence-corrected chi connectivity index (χ3v) is 6.24. The Morgan fingerprint density at radius 1 is 0.694 bits per heavy atom. The maximum Gasteiger partial charge on any atom is 0.326 e. The van der Waals surface area contributed by atoms with Crippen molar-refractivity contribution >= 4 is 23.7 Å². The fourth-order valence-electron chi connectivity index (χ4n) is 3.65. The van der Waals surface area contributed by atoms with Crippen LogP contribution in [0.3, 0.4) is 0 Å². The number of carbonyl (C=O) groups excluding carboxylic acids is 3. The number of carbonyl (C=O) groups is 4. The number of nitrogens with two attached hydrogens (primary N) is 4. The van der Waals surface area contributed by atoms with E-state index in [4.69, 9.17) is 22.9 Å². The maximum absolute atomic E-state index is 13.2. The van der Waals surface area contributed by atoms with Crippen molar-refractivity contribution in [2.24, 2.45) is 28.9 Å². The van der Waals surface area contributed by atoms with Crippen molar-refractivity contribution in [1.82, 2.24) is 16.0 Å². The molecule has 0 fully saturated rings. The first kappa shape index (κ1) is 33.7. The first-order valence-corrected chi connectivity index (χ1v) is 13.1. The SMILES string of the molecule is CCC(C)C(NC(=O)C(CCCCN)NC(=O)C(N)CCCCN)C(=O)NC(CCCCN)C(=O)O. The molecule has 0 bridgehead atoms. The van der Waals surface area contributed by atoms with E-state index < -0.39 is 47.9 Å². The predicted octanol–water partition coefficient (Wildman–Crippen LogP) is -0.714. The van der Waals surface area contributed by atoms with Gasteiger partial charge in [-0.05, 0) is 76.9 Å². The van der Waals surface area contributed by atoms with Gasteiger partial charge in [-0.1, -0.05) is 26.7 Å². The Morgan fingerprint density at radius 3 is 1.64 bits per heavy atom. The zero-order valence-corrected chi connectivity index (χ0v) is 22.0. The van der Waals surface area contributed by atoms with Gasteiger partial charge in [0.1, 0.15) is 18.1 Å². The Bertz CT molecular complexity index is 665. The molecule has 12 N–H and O–H groups in total. The highest BCUT2D eigenvalue weighted by atomic mass is 16.4. The van der Waals surface area contributed by atoms with Gasteiger partial charge in [-0.2, -0.15) is 0 Å². The molecular formula is C24H49N7O5. The summed E-state index contributed by atoms with van der Waals surface area (Å²) in [6.07, 6.45) is 5.48. The van der Waals surface area contributed by atoms with Crippen molar-refractivity contribution in [3.63, 3.8) is 0 Å². The molecule has 0 rings (SSSR count). The van der Waals surface area contributed by atoms with Gasteiger partial charge in [0.2, 0.25) is 17.7 Å². The van der Waals surface area contributed by atoms with Gasteiger partial charge in [0, 0.05) is 0 Å². The number of aliphatic carboxylic acids is 1. The number of rotatable bonds is 21. The Labute approximate surface area is 215 Å². The quantitative estimate of drug-likeness (QED) is 0.0901. The van der Waals surface area contributed by atoms with Crippen LogP contribution in [0.4, 0.5) is 0 Å². The molecule has 5 atom stereocenters. The lowest BCUT2D eigenvalue weighted by Gasteiger charge is -2.28. The van der Waals surface area contributed by atoms with Crippen LogP contribution in [0.1, 0.15) is 78.1 Å². The summed E-state index contributed by atoms with van der Waals surface area (Å²) in [6, 6.07) is -3.73. The molecule has 0 spiro atoms. The number of hydrogen-bond acceptors (Lipinski definition) is 8. The summed E-state index contributed by atoms with van der Waals surface area (Å²) in [6.45, 7) is 5.05. The number of carboxylic acids is 1. The van der Waals surface area contributed by atoms with Gasteiger partial charge in [-0.15, -0.1) is 0 Å². The molecule has 0 saturated carbocycles. The lowest BCUT2D eigenvalue weighted by Crippen LogP contribution is -2.58. The highest BCUT2D eigenvalue weighted by Crippen LogP contribution is 2.12. The molecule has 210 valence electrons. The van der Waals surface area contributed by atoms with Gasteiger partial charge in [0.05, 0.1) is 6.04 Å². The molecule has 0 aromatic carbocycles. The Kier molecular flexibility index (Phi) is 18.6. The largest absolute Gasteiger partial charge is 0.480 e. The smallest absolute Gasteiger partial charge is 0.326 e. The molecule has 5 unspecified atom stereocenters. The van der Waals surface area contributed by atoms with Gasteiger partial charge < -0.3 is 44.0 Å². The van der Waals surface area contributed by atoms with E-state index in [1.165, 1.54) is 0 Å². The molecule has 0 aliphatic carbocycles. The van der Waals surface area contributed by atoms with Crippen LogP contribution in [-0.2, 0) is 19.2 Å². The third kappa shape index (κ3) is 13.7. The minimum Gasteiger partial charge on any atom is -0.480 e. The normalized spacial score (nSPS) is 15.3. The second kappa shape index (κ2) is 19.9. The summed E-state index contributed by atoms with van der Waals surface area (Å²) >= 11 is 0. The van der Waals surface area contributed by atoms with Crippen molar-refractivity contribution in [2.45, 2.75) is 102 Å². The Morgan fingerprint density at radius 2 is 1.17 bits per heavy atom. The average Bonchev–Trinajstić information content (AvgIpc) is 2.85. The third-order valence-electron chi connectivity index (χ3n) is 6.24. The Hall–Kier alpha value is -2.28. The molecule has 0 aliphatic heterocycles. The van der Waals surface area contributed by atoms with Crippen LogP contribution >= 0.6 is 0 Å². The van der Waals surface area contributed by atoms with E-state index >= 15 is 0 Å². The molecule has 0 aromatic rings. The van der Waals surface area contributed by atoms with Crippen molar-refractivity contribution in [3.05, 3.63) is 0 Å². The summed E-state index contributed by atoms with van der Waals surface area (Å²) in [5, 5.41) is 17.5. The van der Waals surface area contributed by atoms with Crippen molar-refractivity contribution in [3.8, 4) is 0 Å². The van der Waals surface area contributed by atoms with E-state index in [0.29, 0.717) is 71.0 Å². The topological polar surface area (TPSA) is 229 Å². The van der Waals surface area contributed by atoms with E-state index in [2.05, 4.69) is 16.0 Å². The molecule has 12 nitrogen and oxygen atoms in total. The van der Waals surface area contributed by atoms with E-state index in [1.54, 1.807) is 6.92 Å². The van der Waals surface area contributed by atoms with E-state index in [9.17, 15) is 24.3 Å². The van der Waals surface area contributed by atoms with Crippen molar-refractivity contribution in [2.75, 3.05) is 19.6 Å². The zero-order valence-electron chi connectivity index (χ0n) is 22.0. The summed E-state index contributed by atoms with van der Waals surface area (Å²) in [5.74, 6) is -2.97. The van der Waals surface area contributed by atoms with Crippen LogP contribution in [0.5, 0.6) is 0 Å². The number of carboxylic acid groups (broad SMARTS) is 1. The second-order valence-corrected chi connectivity index (χ2v) is 9.29. The lowest BCUT2D eigenvalue weighted by molar-refractivity contribution is -0.143. The molecule has 0 saturated heterocycles. The first-order valence-electron chi connectivity index (χ1n) is 13.1. The summed E-state index contributed by atoms with van der Waals surface area (Å²) in [4.78, 5) is 50.5. The average molecular weight is 516 g/mol. The molecule has 0 radical (unpaired) electrons. The zero-order chi connectivity index (χ0) is 27.5. The molecule has 12 heteroatoms.